The minimum Gasteiger partial charge on any atom is -0.338 e. The molecule has 2 aromatic rings. The maximum atomic E-state index is 12.6. The first-order valence-electron chi connectivity index (χ1n) is 8.67. The summed E-state index contributed by atoms with van der Waals surface area (Å²) in [5.74, 6) is 0.728. The molecule has 1 atom stereocenters. The lowest BCUT2D eigenvalue weighted by atomic mass is 9.94. The van der Waals surface area contributed by atoms with E-state index in [2.05, 4.69) is 40.2 Å². The van der Waals surface area contributed by atoms with Crippen LogP contribution < -0.4 is 0 Å². The molecule has 128 valence electrons. The van der Waals surface area contributed by atoms with E-state index in [4.69, 9.17) is 0 Å². The van der Waals surface area contributed by atoms with Gasteiger partial charge in [0.15, 0.2) is 0 Å². The van der Waals surface area contributed by atoms with E-state index in [0.717, 1.165) is 25.9 Å². The van der Waals surface area contributed by atoms with Crippen molar-refractivity contribution < 1.29 is 4.79 Å². The lowest BCUT2D eigenvalue weighted by Gasteiger charge is -2.33. The number of rotatable bonds is 5. The molecule has 1 aliphatic rings. The fourth-order valence-electron chi connectivity index (χ4n) is 3.37. The molecule has 0 bridgehead atoms. The van der Waals surface area contributed by atoms with Gasteiger partial charge >= 0.3 is 0 Å². The van der Waals surface area contributed by atoms with Gasteiger partial charge in [0, 0.05) is 24.9 Å². The predicted octanol–water partition coefficient (Wildman–Crippen LogP) is 2.81. The number of benzene rings is 1. The summed E-state index contributed by atoms with van der Waals surface area (Å²) in [7, 11) is 1.90. The molecule has 0 saturated carbocycles. The normalized spacial score (nSPS) is 17.6. The number of nitrogens with one attached hydrogen (secondary N) is 1. The Morgan fingerprint density at radius 1 is 1.29 bits per heavy atom. The number of H-pyrrole nitrogens is 1. The largest absolute Gasteiger partial charge is 0.338 e. The number of hydrogen-bond donors (Lipinski definition) is 1. The first-order chi connectivity index (χ1) is 11.6. The number of piperidine rings is 1. The van der Waals surface area contributed by atoms with Crippen molar-refractivity contribution in [2.24, 2.45) is 0 Å². The Morgan fingerprint density at radius 2 is 2.00 bits per heavy atom. The lowest BCUT2D eigenvalue weighted by molar-refractivity contribution is -0.133. The van der Waals surface area contributed by atoms with Gasteiger partial charge in [0.05, 0.1) is 12.6 Å². The zero-order valence-electron chi connectivity index (χ0n) is 14.5. The number of likely N-dealkylation sites (N-methyl/N-ethyl adjacent to an activating group) is 1. The molecule has 0 spiro atoms. The van der Waals surface area contributed by atoms with Crippen LogP contribution in [0.15, 0.2) is 42.6 Å². The van der Waals surface area contributed by atoms with E-state index >= 15 is 0 Å². The Morgan fingerprint density at radius 3 is 2.62 bits per heavy atom. The van der Waals surface area contributed by atoms with E-state index in [1.807, 2.05) is 36.3 Å². The summed E-state index contributed by atoms with van der Waals surface area (Å²) in [5, 5.41) is 7.11. The molecule has 1 saturated heterocycles. The minimum atomic E-state index is 0.0984. The lowest BCUT2D eigenvalue weighted by Crippen LogP contribution is -2.42. The number of aromatic nitrogens is 2. The van der Waals surface area contributed by atoms with E-state index in [1.54, 1.807) is 0 Å². The van der Waals surface area contributed by atoms with Crippen molar-refractivity contribution in [2.75, 3.05) is 26.7 Å². The molecule has 1 fully saturated rings. The average molecular weight is 326 g/mol. The van der Waals surface area contributed by atoms with Gasteiger partial charge in [0.25, 0.3) is 0 Å². The Kier molecular flexibility index (Phi) is 5.30. The van der Waals surface area contributed by atoms with Crippen LogP contribution in [0, 0.1) is 0 Å². The fraction of sp³-hybridized carbons (Fsp3) is 0.474. The van der Waals surface area contributed by atoms with E-state index < -0.39 is 0 Å². The van der Waals surface area contributed by atoms with Gasteiger partial charge in [-0.15, -0.1) is 0 Å². The van der Waals surface area contributed by atoms with Crippen LogP contribution in [0.2, 0.25) is 0 Å². The second-order valence-corrected chi connectivity index (χ2v) is 6.65. The molecule has 2 heterocycles. The number of aromatic amines is 1. The molecule has 24 heavy (non-hydrogen) atoms. The van der Waals surface area contributed by atoms with E-state index in [0.29, 0.717) is 12.5 Å². The van der Waals surface area contributed by atoms with Gasteiger partial charge in [-0.2, -0.15) is 5.10 Å². The Labute approximate surface area is 143 Å². The molecular formula is C19H26N4O. The molecule has 1 aliphatic heterocycles. The maximum Gasteiger partial charge on any atom is 0.236 e. The van der Waals surface area contributed by atoms with Gasteiger partial charge in [-0.3, -0.25) is 14.8 Å². The van der Waals surface area contributed by atoms with Crippen LogP contribution in [0.25, 0.3) is 0 Å². The Balaban J connectivity index is 1.50. The summed E-state index contributed by atoms with van der Waals surface area (Å²) in [4.78, 5) is 16.7. The summed E-state index contributed by atoms with van der Waals surface area (Å²) in [5.41, 5.74) is 2.39. The molecule has 1 amide bonds. The number of carbonyl (C=O) groups excluding carboxylic acids is 1. The molecule has 0 unspecified atom stereocenters. The van der Waals surface area contributed by atoms with Crippen molar-refractivity contribution in [3.63, 3.8) is 0 Å². The Bertz CT molecular complexity index is 633. The third kappa shape index (κ3) is 3.85. The summed E-state index contributed by atoms with van der Waals surface area (Å²) in [6.07, 6.45) is 3.96. The molecule has 3 rings (SSSR count). The van der Waals surface area contributed by atoms with Gasteiger partial charge in [0.2, 0.25) is 5.91 Å². The van der Waals surface area contributed by atoms with Crippen LogP contribution in [0.4, 0.5) is 0 Å². The standard InChI is InChI=1S/C19H26N4O/c1-15(16-6-4-3-5-7-16)22(2)19(24)14-23-12-9-17(10-13-23)18-8-11-20-21-18/h3-8,11,15,17H,9-10,12-14H2,1-2H3,(H,20,21)/t15-/m0/s1. The van der Waals surface area contributed by atoms with Gasteiger partial charge in [-0.1, -0.05) is 30.3 Å². The summed E-state index contributed by atoms with van der Waals surface area (Å²) >= 11 is 0. The predicted molar refractivity (Wildman–Crippen MR) is 94.6 cm³/mol. The SMILES string of the molecule is C[C@@H](c1ccccc1)N(C)C(=O)CN1CCC(c2ccn[nH]2)CC1. The topological polar surface area (TPSA) is 52.2 Å². The van der Waals surface area contributed by atoms with E-state index in [-0.39, 0.29) is 11.9 Å². The smallest absolute Gasteiger partial charge is 0.236 e. The number of nitrogens with zero attached hydrogens (tertiary/aromatic N) is 3. The van der Waals surface area contributed by atoms with E-state index in [1.165, 1.54) is 11.3 Å². The summed E-state index contributed by atoms with van der Waals surface area (Å²) in [6, 6.07) is 12.3. The third-order valence-electron chi connectivity index (χ3n) is 5.16. The fourth-order valence-corrected chi connectivity index (χ4v) is 3.37. The van der Waals surface area contributed by atoms with Crippen molar-refractivity contribution in [1.82, 2.24) is 20.0 Å². The van der Waals surface area contributed by atoms with Gasteiger partial charge in [-0.25, -0.2) is 0 Å². The van der Waals surface area contributed by atoms with Crippen molar-refractivity contribution in [2.45, 2.75) is 31.7 Å². The highest BCUT2D eigenvalue weighted by atomic mass is 16.2. The van der Waals surface area contributed by atoms with Crippen LogP contribution >= 0.6 is 0 Å². The van der Waals surface area contributed by atoms with Crippen molar-refractivity contribution in [3.05, 3.63) is 53.9 Å². The van der Waals surface area contributed by atoms with Gasteiger partial charge in [0.1, 0.15) is 0 Å². The molecule has 1 N–H and O–H groups in total. The second kappa shape index (κ2) is 7.62. The van der Waals surface area contributed by atoms with Crippen LogP contribution in [0.3, 0.4) is 0 Å². The second-order valence-electron chi connectivity index (χ2n) is 6.65. The van der Waals surface area contributed by atoms with E-state index in [9.17, 15) is 4.79 Å². The van der Waals surface area contributed by atoms with Crippen molar-refractivity contribution in [3.8, 4) is 0 Å². The Hall–Kier alpha value is -2.14. The monoisotopic (exact) mass is 326 g/mol. The van der Waals surface area contributed by atoms with Crippen LogP contribution in [0.1, 0.15) is 43.0 Å². The third-order valence-corrected chi connectivity index (χ3v) is 5.16. The molecule has 0 radical (unpaired) electrons. The molecule has 1 aromatic carbocycles. The molecule has 5 heteroatoms. The number of likely N-dealkylation sites (tertiary alicyclic amines) is 1. The zero-order chi connectivity index (χ0) is 16.9. The molecule has 5 nitrogen and oxygen atoms in total. The number of hydrogen-bond acceptors (Lipinski definition) is 3. The van der Waals surface area contributed by atoms with Gasteiger partial charge < -0.3 is 4.90 Å². The number of amides is 1. The first kappa shape index (κ1) is 16.7. The highest BCUT2D eigenvalue weighted by Crippen LogP contribution is 2.26. The van der Waals surface area contributed by atoms with Crippen molar-refractivity contribution >= 4 is 5.91 Å². The van der Waals surface area contributed by atoms with Crippen LogP contribution in [0.5, 0.6) is 0 Å². The first-order valence-corrected chi connectivity index (χ1v) is 8.67. The highest BCUT2D eigenvalue weighted by Gasteiger charge is 2.25. The molecule has 1 aromatic heterocycles. The molecule has 0 aliphatic carbocycles. The minimum absolute atomic E-state index is 0.0984. The van der Waals surface area contributed by atoms with Crippen molar-refractivity contribution in [1.29, 1.82) is 0 Å². The van der Waals surface area contributed by atoms with Crippen LogP contribution in [-0.4, -0.2) is 52.6 Å². The average Bonchev–Trinajstić information content (AvgIpc) is 3.16. The maximum absolute atomic E-state index is 12.6. The molecular weight excluding hydrogens is 300 g/mol. The highest BCUT2D eigenvalue weighted by molar-refractivity contribution is 5.78. The number of carbonyl (C=O) groups is 1. The summed E-state index contributed by atoms with van der Waals surface area (Å²) < 4.78 is 0. The van der Waals surface area contributed by atoms with Gasteiger partial charge in [-0.05, 0) is 44.5 Å². The quantitative estimate of drug-likeness (QED) is 0.919. The van der Waals surface area contributed by atoms with Crippen LogP contribution in [-0.2, 0) is 4.79 Å². The zero-order valence-corrected chi connectivity index (χ0v) is 14.5. The summed E-state index contributed by atoms with van der Waals surface area (Å²) in [6.45, 7) is 4.51.